The Kier molecular flexibility index (Phi) is 10.6. The number of phenolic OH excluding ortho intramolecular Hbond substituents is 1. The summed E-state index contributed by atoms with van der Waals surface area (Å²) in [5.41, 5.74) is 8.39. The number of carbonyl (C=O) groups is 4. The summed E-state index contributed by atoms with van der Waals surface area (Å²) in [6.45, 7) is -0.601. The van der Waals surface area contributed by atoms with Gasteiger partial charge in [-0.05, 0) is 35.2 Å². The third kappa shape index (κ3) is 9.60. The minimum Gasteiger partial charge on any atom is -0.508 e. The van der Waals surface area contributed by atoms with Crippen molar-refractivity contribution in [2.45, 2.75) is 37.4 Å². The molecule has 0 aromatic heterocycles. The molecule has 3 amide bonds. The molecule has 3 rings (SSSR count). The van der Waals surface area contributed by atoms with Gasteiger partial charge in [0, 0.05) is 12.8 Å². The second-order valence-corrected chi connectivity index (χ2v) is 9.09. The molecule has 3 aromatic carbocycles. The number of nitrogens with one attached hydrogen (secondary N) is 3. The average molecular weight is 533 g/mol. The van der Waals surface area contributed by atoms with E-state index in [9.17, 15) is 24.3 Å². The highest BCUT2D eigenvalue weighted by Crippen LogP contribution is 2.12. The molecule has 10 heteroatoms. The molecule has 0 saturated carbocycles. The summed E-state index contributed by atoms with van der Waals surface area (Å²) in [5.74, 6) is -2.97. The zero-order valence-electron chi connectivity index (χ0n) is 21.2. The molecule has 3 unspecified atom stereocenters. The van der Waals surface area contributed by atoms with Crippen LogP contribution in [0.15, 0.2) is 84.9 Å². The van der Waals surface area contributed by atoms with Crippen LogP contribution in [0, 0.1) is 0 Å². The number of carbonyl (C=O) groups excluding carboxylic acids is 3. The van der Waals surface area contributed by atoms with E-state index in [1.54, 1.807) is 48.5 Å². The summed E-state index contributed by atoms with van der Waals surface area (Å²) in [5, 5.41) is 26.1. The topological polar surface area (TPSA) is 171 Å². The van der Waals surface area contributed by atoms with E-state index in [2.05, 4.69) is 16.0 Å². The van der Waals surface area contributed by atoms with E-state index in [1.165, 1.54) is 12.1 Å². The van der Waals surface area contributed by atoms with Crippen LogP contribution in [0.2, 0.25) is 0 Å². The van der Waals surface area contributed by atoms with Crippen molar-refractivity contribution in [3.8, 4) is 5.75 Å². The highest BCUT2D eigenvalue weighted by molar-refractivity contribution is 5.94. The maximum Gasteiger partial charge on any atom is 0.322 e. The molecule has 0 saturated heterocycles. The Bertz CT molecular complexity index is 1250. The van der Waals surface area contributed by atoms with Gasteiger partial charge in [0.1, 0.15) is 24.4 Å². The number of aliphatic carboxylic acids is 1. The highest BCUT2D eigenvalue weighted by atomic mass is 16.4. The van der Waals surface area contributed by atoms with Crippen molar-refractivity contribution in [3.05, 3.63) is 102 Å². The Labute approximate surface area is 226 Å². The van der Waals surface area contributed by atoms with E-state index in [0.717, 1.165) is 16.7 Å². The third-order valence-electron chi connectivity index (χ3n) is 5.97. The molecule has 0 bridgehead atoms. The summed E-state index contributed by atoms with van der Waals surface area (Å²) >= 11 is 0. The molecule has 0 fully saturated rings. The first-order valence-electron chi connectivity index (χ1n) is 12.4. The van der Waals surface area contributed by atoms with Crippen molar-refractivity contribution >= 4 is 23.7 Å². The van der Waals surface area contributed by atoms with Crippen molar-refractivity contribution in [2.75, 3.05) is 6.54 Å². The first-order valence-corrected chi connectivity index (χ1v) is 12.4. The number of rotatable bonds is 13. The van der Waals surface area contributed by atoms with Gasteiger partial charge in [-0.1, -0.05) is 72.8 Å². The molecule has 0 aliphatic heterocycles. The van der Waals surface area contributed by atoms with Gasteiger partial charge in [-0.15, -0.1) is 0 Å². The minimum absolute atomic E-state index is 0.0915. The summed E-state index contributed by atoms with van der Waals surface area (Å²) in [7, 11) is 0. The molecule has 3 aromatic rings. The number of phenols is 1. The number of hydrogen-bond acceptors (Lipinski definition) is 6. The normalized spacial score (nSPS) is 12.9. The van der Waals surface area contributed by atoms with E-state index in [4.69, 9.17) is 10.8 Å². The maximum atomic E-state index is 13.5. The minimum atomic E-state index is -1.22. The third-order valence-corrected chi connectivity index (χ3v) is 5.97. The molecule has 3 atom stereocenters. The fourth-order valence-electron chi connectivity index (χ4n) is 3.93. The van der Waals surface area contributed by atoms with Gasteiger partial charge in [0.25, 0.3) is 0 Å². The Hall–Kier alpha value is -4.70. The lowest BCUT2D eigenvalue weighted by molar-refractivity contribution is -0.138. The van der Waals surface area contributed by atoms with Gasteiger partial charge in [-0.2, -0.15) is 0 Å². The Morgan fingerprint density at radius 3 is 1.62 bits per heavy atom. The molecular weight excluding hydrogens is 500 g/mol. The smallest absolute Gasteiger partial charge is 0.322 e. The van der Waals surface area contributed by atoms with Crippen LogP contribution in [0.5, 0.6) is 5.75 Å². The summed E-state index contributed by atoms with van der Waals surface area (Å²) in [6, 6.07) is 21.2. The van der Waals surface area contributed by atoms with Crippen LogP contribution in [0.1, 0.15) is 16.7 Å². The van der Waals surface area contributed by atoms with Crippen LogP contribution in [0.4, 0.5) is 0 Å². The summed E-state index contributed by atoms with van der Waals surface area (Å²) in [4.78, 5) is 50.2. The standard InChI is InChI=1S/C29H32N4O6/c30-23(15-21-11-13-22(34)14-12-21)27(37)32-25(17-20-9-5-2-6-10-20)29(39)33-24(28(38)31-18-26(35)36)16-19-7-3-1-4-8-19/h1-14,23-25,34H,15-18,30H2,(H,31,38)(H,32,37)(H,33,39)(H,35,36). The number of carboxylic acid groups (broad SMARTS) is 1. The Morgan fingerprint density at radius 2 is 1.10 bits per heavy atom. The van der Waals surface area contributed by atoms with Crippen LogP contribution in [-0.4, -0.2) is 58.6 Å². The van der Waals surface area contributed by atoms with Crippen LogP contribution >= 0.6 is 0 Å². The predicted octanol–water partition coefficient (Wildman–Crippen LogP) is 0.918. The van der Waals surface area contributed by atoms with Crippen molar-refractivity contribution in [3.63, 3.8) is 0 Å². The van der Waals surface area contributed by atoms with E-state index in [1.807, 2.05) is 24.3 Å². The lowest BCUT2D eigenvalue weighted by Gasteiger charge is -2.24. The van der Waals surface area contributed by atoms with Crippen molar-refractivity contribution in [1.82, 2.24) is 16.0 Å². The van der Waals surface area contributed by atoms with Crippen LogP contribution < -0.4 is 21.7 Å². The molecule has 0 aliphatic rings. The summed E-state index contributed by atoms with van der Waals surface area (Å²) < 4.78 is 0. The SMILES string of the molecule is NC(Cc1ccc(O)cc1)C(=O)NC(Cc1ccccc1)C(=O)NC(Cc1ccccc1)C(=O)NCC(=O)O. The largest absolute Gasteiger partial charge is 0.508 e. The van der Waals surface area contributed by atoms with Crippen molar-refractivity contribution in [1.29, 1.82) is 0 Å². The molecule has 0 aliphatic carbocycles. The number of benzene rings is 3. The van der Waals surface area contributed by atoms with Gasteiger partial charge in [-0.3, -0.25) is 19.2 Å². The van der Waals surface area contributed by atoms with Gasteiger partial charge in [0.15, 0.2) is 0 Å². The molecule has 204 valence electrons. The average Bonchev–Trinajstić information content (AvgIpc) is 2.93. The van der Waals surface area contributed by atoms with E-state index >= 15 is 0 Å². The first-order chi connectivity index (χ1) is 18.7. The second kappa shape index (κ2) is 14.3. The molecular formula is C29H32N4O6. The molecule has 0 heterocycles. The molecule has 39 heavy (non-hydrogen) atoms. The van der Waals surface area contributed by atoms with E-state index < -0.39 is 48.4 Å². The number of amides is 3. The summed E-state index contributed by atoms with van der Waals surface area (Å²) in [6.07, 6.45) is 0.434. The number of nitrogens with two attached hydrogens (primary N) is 1. The predicted molar refractivity (Wildman–Crippen MR) is 145 cm³/mol. The molecule has 0 radical (unpaired) electrons. The van der Waals surface area contributed by atoms with Crippen LogP contribution in [0.25, 0.3) is 0 Å². The zero-order valence-corrected chi connectivity index (χ0v) is 21.2. The van der Waals surface area contributed by atoms with Crippen LogP contribution in [-0.2, 0) is 38.4 Å². The number of aromatic hydroxyl groups is 1. The number of hydrogen-bond donors (Lipinski definition) is 6. The molecule has 10 nitrogen and oxygen atoms in total. The van der Waals surface area contributed by atoms with Gasteiger partial charge in [-0.25, -0.2) is 0 Å². The number of carboxylic acids is 1. The lowest BCUT2D eigenvalue weighted by atomic mass is 10.0. The second-order valence-electron chi connectivity index (χ2n) is 9.09. The zero-order chi connectivity index (χ0) is 28.2. The van der Waals surface area contributed by atoms with Gasteiger partial charge >= 0.3 is 5.97 Å². The molecule has 0 spiro atoms. The monoisotopic (exact) mass is 532 g/mol. The Morgan fingerprint density at radius 1 is 0.641 bits per heavy atom. The van der Waals surface area contributed by atoms with Gasteiger partial charge < -0.3 is 31.9 Å². The fourth-order valence-corrected chi connectivity index (χ4v) is 3.93. The molecule has 7 N–H and O–H groups in total. The van der Waals surface area contributed by atoms with Crippen LogP contribution in [0.3, 0.4) is 0 Å². The van der Waals surface area contributed by atoms with Gasteiger partial charge in [0.2, 0.25) is 17.7 Å². The first kappa shape index (κ1) is 28.9. The lowest BCUT2D eigenvalue weighted by Crippen LogP contribution is -2.57. The quantitative estimate of drug-likeness (QED) is 0.190. The van der Waals surface area contributed by atoms with Crippen molar-refractivity contribution < 1.29 is 29.4 Å². The van der Waals surface area contributed by atoms with E-state index in [0.29, 0.717) is 0 Å². The fraction of sp³-hybridized carbons (Fsp3) is 0.241. The van der Waals surface area contributed by atoms with Gasteiger partial charge in [0.05, 0.1) is 6.04 Å². The van der Waals surface area contributed by atoms with E-state index in [-0.39, 0.29) is 25.0 Å². The highest BCUT2D eigenvalue weighted by Gasteiger charge is 2.29. The Balaban J connectivity index is 1.77. The van der Waals surface area contributed by atoms with Crippen molar-refractivity contribution in [2.24, 2.45) is 5.73 Å². The maximum absolute atomic E-state index is 13.5.